The number of hydrogen-bond acceptors (Lipinski definition) is 11. The van der Waals surface area contributed by atoms with Gasteiger partial charge in [-0.1, -0.05) is 23.1 Å². The van der Waals surface area contributed by atoms with Gasteiger partial charge < -0.3 is 21.0 Å². The van der Waals surface area contributed by atoms with Crippen molar-refractivity contribution >= 4 is 58.3 Å². The number of amides is 2. The van der Waals surface area contributed by atoms with Gasteiger partial charge in [0.2, 0.25) is 17.2 Å². The van der Waals surface area contributed by atoms with Crippen LogP contribution in [0, 0.1) is 0 Å². The molecule has 0 spiro atoms. The summed E-state index contributed by atoms with van der Waals surface area (Å²) in [4.78, 5) is 35.5. The molecule has 1 fully saturated rings. The molecule has 1 saturated heterocycles. The second kappa shape index (κ2) is 7.82. The number of nitrogen functional groups attached to an aromatic ring is 1. The zero-order chi connectivity index (χ0) is 17.5. The summed E-state index contributed by atoms with van der Waals surface area (Å²) in [5.41, 5.74) is 10.1. The number of carbonyl (C=O) groups excluding carboxylic acids is 3. The molecule has 2 aliphatic rings. The Bertz CT molecular complexity index is 758. The van der Waals surface area contributed by atoms with Gasteiger partial charge in [0, 0.05) is 11.5 Å². The normalized spacial score (nSPS) is 24.9. The summed E-state index contributed by atoms with van der Waals surface area (Å²) in [6.07, 6.45) is 0.323. The van der Waals surface area contributed by atoms with Crippen molar-refractivity contribution < 1.29 is 49.0 Å². The summed E-state index contributed by atoms with van der Waals surface area (Å²) < 4.78 is 0.593. The fourth-order valence-electron chi connectivity index (χ4n) is 2.40. The van der Waals surface area contributed by atoms with E-state index in [1.807, 2.05) is 0 Å². The SMILES string of the molecule is Nc1nnc(SCC2=C(C(=O)[O-])N3C(=O)[C@](N)(NC=O)[C@H]3SC2)s1.[Na+]. The predicted molar refractivity (Wildman–Crippen MR) is 86.3 cm³/mol. The first-order valence-electron chi connectivity index (χ1n) is 6.49. The van der Waals surface area contributed by atoms with E-state index in [-0.39, 0.29) is 35.3 Å². The minimum absolute atomic E-state index is 0. The smallest absolute Gasteiger partial charge is 0.543 e. The van der Waals surface area contributed by atoms with E-state index < -0.39 is 22.9 Å². The van der Waals surface area contributed by atoms with Gasteiger partial charge in [0.1, 0.15) is 5.37 Å². The van der Waals surface area contributed by atoms with Crippen molar-refractivity contribution in [2.24, 2.45) is 5.73 Å². The second-order valence-electron chi connectivity index (χ2n) is 4.90. The zero-order valence-electron chi connectivity index (χ0n) is 12.9. The van der Waals surface area contributed by atoms with Crippen LogP contribution in [0.25, 0.3) is 0 Å². The van der Waals surface area contributed by atoms with Crippen molar-refractivity contribution in [3.63, 3.8) is 0 Å². The van der Waals surface area contributed by atoms with Crippen molar-refractivity contribution in [2.45, 2.75) is 15.4 Å². The topological polar surface area (TPSA) is 167 Å². The Morgan fingerprint density at radius 2 is 2.28 bits per heavy atom. The maximum absolute atomic E-state index is 12.2. The van der Waals surface area contributed by atoms with Gasteiger partial charge >= 0.3 is 29.6 Å². The van der Waals surface area contributed by atoms with E-state index in [1.54, 1.807) is 0 Å². The minimum atomic E-state index is -1.60. The van der Waals surface area contributed by atoms with Gasteiger partial charge in [-0.05, 0) is 5.57 Å². The molecule has 1 aromatic rings. The average Bonchev–Trinajstić information content (AvgIpc) is 2.97. The molecule has 1 aromatic heterocycles. The van der Waals surface area contributed by atoms with Crippen LogP contribution in [-0.2, 0) is 14.4 Å². The number of nitrogens with two attached hydrogens (primary N) is 2. The van der Waals surface area contributed by atoms with Gasteiger partial charge in [0.25, 0.3) is 5.91 Å². The molecule has 2 aliphatic heterocycles. The molecule has 25 heavy (non-hydrogen) atoms. The van der Waals surface area contributed by atoms with E-state index in [2.05, 4.69) is 15.5 Å². The molecule has 0 aliphatic carbocycles. The first kappa shape index (κ1) is 20.5. The molecule has 3 heterocycles. The number of carbonyl (C=O) groups is 3. The second-order valence-corrected chi connectivity index (χ2v) is 8.20. The fourth-order valence-corrected chi connectivity index (χ4v) is 5.56. The number of rotatable bonds is 6. The molecular weight excluding hydrogens is 399 g/mol. The monoisotopic (exact) mass is 410 g/mol. The van der Waals surface area contributed by atoms with Crippen molar-refractivity contribution in [3.05, 3.63) is 11.3 Å². The molecule has 0 unspecified atom stereocenters. The third-order valence-electron chi connectivity index (χ3n) is 3.47. The zero-order valence-corrected chi connectivity index (χ0v) is 17.4. The largest absolute Gasteiger partial charge is 1.00 e. The van der Waals surface area contributed by atoms with Gasteiger partial charge in [-0.3, -0.25) is 20.2 Å². The van der Waals surface area contributed by atoms with E-state index >= 15 is 0 Å². The third-order valence-corrected chi connectivity index (χ3v) is 6.86. The number of anilines is 1. The van der Waals surface area contributed by atoms with Crippen LogP contribution in [0.5, 0.6) is 0 Å². The summed E-state index contributed by atoms with van der Waals surface area (Å²) in [7, 11) is 0. The van der Waals surface area contributed by atoms with Crippen LogP contribution in [0.2, 0.25) is 0 Å². The molecule has 3 rings (SSSR count). The number of aliphatic carboxylic acids is 1. The fraction of sp³-hybridized carbons (Fsp3) is 0.364. The maximum Gasteiger partial charge on any atom is 1.00 e. The predicted octanol–water partition coefficient (Wildman–Crippen LogP) is -5.46. The van der Waals surface area contributed by atoms with Gasteiger partial charge in [-0.2, -0.15) is 0 Å². The summed E-state index contributed by atoms with van der Waals surface area (Å²) in [5, 5.41) is 20.9. The van der Waals surface area contributed by atoms with Gasteiger partial charge in [-0.15, -0.1) is 22.0 Å². The molecule has 0 aromatic carbocycles. The molecule has 2 amide bonds. The Morgan fingerprint density at radius 3 is 2.84 bits per heavy atom. The number of carboxylic acid groups (broad SMARTS) is 1. The van der Waals surface area contributed by atoms with Crippen LogP contribution in [-0.4, -0.2) is 55.9 Å². The number of β-lactam (4-membered cyclic amide) rings is 1. The Hall–Kier alpha value is -0.830. The first-order chi connectivity index (χ1) is 11.4. The van der Waals surface area contributed by atoms with E-state index in [0.717, 1.165) is 4.90 Å². The summed E-state index contributed by atoms with van der Waals surface area (Å²) in [6.45, 7) is 0. The van der Waals surface area contributed by atoms with E-state index in [9.17, 15) is 19.5 Å². The third kappa shape index (κ3) is 3.54. The van der Waals surface area contributed by atoms with Crippen LogP contribution in [0.1, 0.15) is 0 Å². The maximum atomic E-state index is 12.2. The first-order valence-corrected chi connectivity index (χ1v) is 9.34. The molecule has 128 valence electrons. The minimum Gasteiger partial charge on any atom is -0.543 e. The van der Waals surface area contributed by atoms with Gasteiger partial charge in [-0.25, -0.2) is 0 Å². The summed E-state index contributed by atoms with van der Waals surface area (Å²) in [6, 6.07) is 0. The number of nitrogens with one attached hydrogen (secondary N) is 1. The Labute approximate surface area is 176 Å². The molecule has 2 atom stereocenters. The van der Waals surface area contributed by atoms with E-state index in [0.29, 0.717) is 33.0 Å². The van der Waals surface area contributed by atoms with Crippen molar-refractivity contribution in [1.82, 2.24) is 20.4 Å². The Balaban J connectivity index is 0.00000225. The standard InChI is InChI=1S/C11H12N6O4S3.Na/c12-9-15-16-10(24-9)23-2-4-1-22-8-11(13,14-3-18)7(21)17(8)5(4)6(19)20;/h3,8H,1-2,13H2,(H2,12,15)(H,14,18)(H,19,20);/q;+1/p-1/t8-,11+;/m1./s1. The number of hydrogen-bond donors (Lipinski definition) is 3. The number of aromatic nitrogens is 2. The summed E-state index contributed by atoms with van der Waals surface area (Å²) in [5.74, 6) is -1.53. The summed E-state index contributed by atoms with van der Waals surface area (Å²) >= 11 is 3.73. The Morgan fingerprint density at radius 1 is 1.56 bits per heavy atom. The molecule has 0 bridgehead atoms. The van der Waals surface area contributed by atoms with E-state index in [4.69, 9.17) is 11.5 Å². The molecule has 10 nitrogen and oxygen atoms in total. The number of carboxylic acids is 1. The van der Waals surface area contributed by atoms with E-state index in [1.165, 1.54) is 34.9 Å². The van der Waals surface area contributed by atoms with Gasteiger partial charge in [0.05, 0.1) is 11.7 Å². The molecule has 0 saturated carbocycles. The number of thioether (sulfide) groups is 2. The van der Waals surface area contributed by atoms with Crippen molar-refractivity contribution in [2.75, 3.05) is 17.2 Å². The molecule has 5 N–H and O–H groups in total. The van der Waals surface area contributed by atoms with Crippen LogP contribution < -0.4 is 51.4 Å². The molecular formula is C11H11N6NaO4S3. The molecule has 0 radical (unpaired) electrons. The average molecular weight is 410 g/mol. The van der Waals surface area contributed by atoms with Crippen LogP contribution in [0.15, 0.2) is 15.6 Å². The Kier molecular flexibility index (Phi) is 6.40. The van der Waals surface area contributed by atoms with Crippen LogP contribution in [0.3, 0.4) is 0 Å². The number of fused-ring (bicyclic) bond motifs is 1. The van der Waals surface area contributed by atoms with Crippen molar-refractivity contribution in [1.29, 1.82) is 0 Å². The molecule has 14 heteroatoms. The van der Waals surface area contributed by atoms with Crippen LogP contribution in [0.4, 0.5) is 5.13 Å². The van der Waals surface area contributed by atoms with Crippen molar-refractivity contribution in [3.8, 4) is 0 Å². The van der Waals surface area contributed by atoms with Gasteiger partial charge in [0.15, 0.2) is 4.34 Å². The number of nitrogens with zero attached hydrogens (tertiary/aromatic N) is 3. The quantitative estimate of drug-likeness (QED) is 0.135. The van der Waals surface area contributed by atoms with Crippen LogP contribution >= 0.6 is 34.9 Å².